The smallest absolute Gasteiger partial charge is 0.405 e. The molecule has 0 aliphatic carbocycles. The first-order valence-electron chi connectivity index (χ1n) is 5.83. The summed E-state index contributed by atoms with van der Waals surface area (Å²) in [5, 5.41) is 19.9. The quantitative estimate of drug-likeness (QED) is 0.728. The maximum Gasteiger partial charge on any atom is 0.405 e. The van der Waals surface area contributed by atoms with Crippen LogP contribution in [-0.4, -0.2) is 37.1 Å². The molecule has 1 aromatic carbocycles. The number of hydrogen-bond donors (Lipinski definition) is 3. The second kappa shape index (κ2) is 6.53. The molecule has 1 amide bonds. The number of aliphatic hydroxyl groups is 1. The van der Waals surface area contributed by atoms with Crippen LogP contribution >= 0.6 is 0 Å². The molecule has 106 valence electrons. The number of benzene rings is 1. The molecule has 7 heteroatoms. The third-order valence-corrected chi connectivity index (χ3v) is 4.49. The van der Waals surface area contributed by atoms with Gasteiger partial charge >= 0.3 is 6.09 Å². The van der Waals surface area contributed by atoms with Crippen molar-refractivity contribution in [2.75, 3.05) is 12.4 Å². The van der Waals surface area contributed by atoms with Crippen molar-refractivity contribution in [3.63, 3.8) is 0 Å². The zero-order valence-corrected chi connectivity index (χ0v) is 11.4. The van der Waals surface area contributed by atoms with Crippen molar-refractivity contribution in [3.8, 4) is 0 Å². The number of nitrogens with one attached hydrogen (secondary N) is 1. The van der Waals surface area contributed by atoms with Crippen LogP contribution in [0.25, 0.3) is 0 Å². The lowest BCUT2D eigenvalue weighted by atomic mass is 10.0. The van der Waals surface area contributed by atoms with Gasteiger partial charge in [0.15, 0.2) is 9.84 Å². The molecule has 1 aromatic rings. The van der Waals surface area contributed by atoms with E-state index in [1.54, 1.807) is 19.1 Å². The highest BCUT2D eigenvalue weighted by molar-refractivity contribution is 7.91. The average Bonchev–Trinajstić information content (AvgIpc) is 2.38. The van der Waals surface area contributed by atoms with Crippen molar-refractivity contribution in [1.82, 2.24) is 5.32 Å². The van der Waals surface area contributed by atoms with Crippen LogP contribution in [0.5, 0.6) is 0 Å². The molecule has 0 aromatic heterocycles. The van der Waals surface area contributed by atoms with E-state index in [2.05, 4.69) is 5.32 Å². The molecule has 0 saturated heterocycles. The minimum absolute atomic E-state index is 0.0137. The Balaban J connectivity index is 2.98. The first-order valence-corrected chi connectivity index (χ1v) is 7.49. The summed E-state index contributed by atoms with van der Waals surface area (Å²) in [4.78, 5) is 10.8. The number of carbonyl (C=O) groups is 1. The maximum absolute atomic E-state index is 11.6. The second-order valence-corrected chi connectivity index (χ2v) is 6.27. The SMILES string of the molecule is CCS(=O)(=O)c1ccc([C@H](CCO)NC(=O)O)cc1. The van der Waals surface area contributed by atoms with Gasteiger partial charge in [0, 0.05) is 6.61 Å². The third kappa shape index (κ3) is 4.22. The first kappa shape index (κ1) is 15.5. The summed E-state index contributed by atoms with van der Waals surface area (Å²) >= 11 is 0. The summed E-state index contributed by atoms with van der Waals surface area (Å²) in [6.07, 6.45) is -0.963. The monoisotopic (exact) mass is 287 g/mol. The average molecular weight is 287 g/mol. The maximum atomic E-state index is 11.6. The van der Waals surface area contributed by atoms with Gasteiger partial charge in [-0.15, -0.1) is 0 Å². The fraction of sp³-hybridized carbons (Fsp3) is 0.417. The summed E-state index contributed by atoms with van der Waals surface area (Å²) in [5.74, 6) is 0.0137. The van der Waals surface area contributed by atoms with Gasteiger partial charge < -0.3 is 15.5 Å². The predicted molar refractivity (Wildman–Crippen MR) is 69.8 cm³/mol. The Morgan fingerprint density at radius 1 is 1.32 bits per heavy atom. The minimum atomic E-state index is -3.26. The van der Waals surface area contributed by atoms with Gasteiger partial charge in [-0.25, -0.2) is 13.2 Å². The lowest BCUT2D eigenvalue weighted by Crippen LogP contribution is -2.27. The molecule has 6 nitrogen and oxygen atoms in total. The fourth-order valence-electron chi connectivity index (χ4n) is 1.67. The van der Waals surface area contributed by atoms with E-state index < -0.39 is 22.0 Å². The van der Waals surface area contributed by atoms with Crippen molar-refractivity contribution in [2.24, 2.45) is 0 Å². The Kier molecular flexibility index (Phi) is 5.31. The van der Waals surface area contributed by atoms with E-state index in [0.29, 0.717) is 5.56 Å². The molecule has 0 unspecified atom stereocenters. The first-order chi connectivity index (χ1) is 8.90. The van der Waals surface area contributed by atoms with E-state index in [0.717, 1.165) is 0 Å². The molecule has 0 aliphatic rings. The molecular formula is C12H17NO5S. The van der Waals surface area contributed by atoms with E-state index in [-0.39, 0.29) is 23.7 Å². The highest BCUT2D eigenvalue weighted by Crippen LogP contribution is 2.19. The molecule has 0 spiro atoms. The number of carboxylic acid groups (broad SMARTS) is 1. The highest BCUT2D eigenvalue weighted by Gasteiger charge is 2.16. The van der Waals surface area contributed by atoms with E-state index in [1.807, 2.05) is 0 Å². The molecule has 0 heterocycles. The lowest BCUT2D eigenvalue weighted by molar-refractivity contribution is 0.185. The minimum Gasteiger partial charge on any atom is -0.465 e. The van der Waals surface area contributed by atoms with Crippen molar-refractivity contribution in [3.05, 3.63) is 29.8 Å². The summed E-state index contributed by atoms with van der Waals surface area (Å²) in [5.41, 5.74) is 0.617. The van der Waals surface area contributed by atoms with Gasteiger partial charge in [0.1, 0.15) is 0 Å². The number of amides is 1. The molecular weight excluding hydrogens is 270 g/mol. The van der Waals surface area contributed by atoms with Gasteiger partial charge in [-0.05, 0) is 24.1 Å². The molecule has 0 radical (unpaired) electrons. The van der Waals surface area contributed by atoms with Gasteiger partial charge in [-0.2, -0.15) is 0 Å². The molecule has 0 bridgehead atoms. The van der Waals surface area contributed by atoms with E-state index in [4.69, 9.17) is 10.2 Å². The normalized spacial score (nSPS) is 12.9. The lowest BCUT2D eigenvalue weighted by Gasteiger charge is -2.16. The molecule has 0 aliphatic heterocycles. The Morgan fingerprint density at radius 3 is 2.32 bits per heavy atom. The van der Waals surface area contributed by atoms with Crippen LogP contribution < -0.4 is 5.32 Å². The Morgan fingerprint density at radius 2 is 1.89 bits per heavy atom. The summed E-state index contributed by atoms with van der Waals surface area (Å²) < 4.78 is 23.3. The van der Waals surface area contributed by atoms with Crippen LogP contribution in [0, 0.1) is 0 Å². The van der Waals surface area contributed by atoms with Crippen LogP contribution in [0.15, 0.2) is 29.2 Å². The highest BCUT2D eigenvalue weighted by atomic mass is 32.2. The van der Waals surface area contributed by atoms with Crippen LogP contribution in [0.1, 0.15) is 24.9 Å². The molecule has 1 rings (SSSR count). The third-order valence-electron chi connectivity index (χ3n) is 2.74. The van der Waals surface area contributed by atoms with Crippen molar-refractivity contribution >= 4 is 15.9 Å². The van der Waals surface area contributed by atoms with E-state index >= 15 is 0 Å². The molecule has 0 saturated carbocycles. The van der Waals surface area contributed by atoms with Crippen molar-refractivity contribution in [2.45, 2.75) is 24.3 Å². The number of aliphatic hydroxyl groups excluding tert-OH is 1. The number of sulfone groups is 1. The zero-order valence-electron chi connectivity index (χ0n) is 10.5. The van der Waals surface area contributed by atoms with Crippen molar-refractivity contribution in [1.29, 1.82) is 0 Å². The molecule has 0 fully saturated rings. The van der Waals surface area contributed by atoms with Gasteiger partial charge in [0.05, 0.1) is 16.7 Å². The molecule has 3 N–H and O–H groups in total. The zero-order chi connectivity index (χ0) is 14.5. The van der Waals surface area contributed by atoms with Crippen LogP contribution in [0.4, 0.5) is 4.79 Å². The summed E-state index contributed by atoms with van der Waals surface area (Å²) in [6, 6.07) is 5.45. The van der Waals surface area contributed by atoms with Gasteiger partial charge in [-0.1, -0.05) is 19.1 Å². The fourth-order valence-corrected chi connectivity index (χ4v) is 2.56. The van der Waals surface area contributed by atoms with Gasteiger partial charge in [0.2, 0.25) is 0 Å². The Hall–Kier alpha value is -1.60. The van der Waals surface area contributed by atoms with Crippen LogP contribution in [0.3, 0.4) is 0 Å². The largest absolute Gasteiger partial charge is 0.465 e. The Labute approximate surface area is 112 Å². The van der Waals surface area contributed by atoms with Crippen LogP contribution in [-0.2, 0) is 9.84 Å². The van der Waals surface area contributed by atoms with Crippen molar-refractivity contribution < 1.29 is 23.4 Å². The molecule has 19 heavy (non-hydrogen) atoms. The summed E-state index contributed by atoms with van der Waals surface area (Å²) in [6.45, 7) is 1.39. The van der Waals surface area contributed by atoms with E-state index in [1.165, 1.54) is 12.1 Å². The topological polar surface area (TPSA) is 104 Å². The second-order valence-electron chi connectivity index (χ2n) is 3.99. The Bertz CT molecular complexity index is 524. The predicted octanol–water partition coefficient (Wildman–Crippen LogP) is 1.17. The number of rotatable bonds is 6. The standard InChI is InChI=1S/C12H17NO5S/c1-2-19(17,18)10-5-3-9(4-6-10)11(7-8-14)13-12(15)16/h3-6,11,13-14H,2,7-8H2,1H3,(H,15,16)/t11-/m0/s1. The van der Waals surface area contributed by atoms with Gasteiger partial charge in [0.25, 0.3) is 0 Å². The molecule has 1 atom stereocenters. The van der Waals surface area contributed by atoms with E-state index in [9.17, 15) is 13.2 Å². The van der Waals surface area contributed by atoms with Gasteiger partial charge in [-0.3, -0.25) is 0 Å². The summed E-state index contributed by atoms with van der Waals surface area (Å²) in [7, 11) is -3.26. The van der Waals surface area contributed by atoms with Crippen LogP contribution in [0.2, 0.25) is 0 Å². The number of hydrogen-bond acceptors (Lipinski definition) is 4.